The molecule has 0 spiro atoms. The molecule has 224 valence electrons. The second-order valence-electron chi connectivity index (χ2n) is 11.1. The van der Waals surface area contributed by atoms with E-state index in [2.05, 4.69) is 10.4 Å². The lowest BCUT2D eigenvalue weighted by atomic mass is 10.0. The van der Waals surface area contributed by atoms with Gasteiger partial charge in [-0.25, -0.2) is 9.18 Å². The first-order chi connectivity index (χ1) is 19.8. The van der Waals surface area contributed by atoms with Gasteiger partial charge in [0.15, 0.2) is 5.69 Å². The zero-order chi connectivity index (χ0) is 30.6. The van der Waals surface area contributed by atoms with Crippen molar-refractivity contribution in [2.24, 2.45) is 5.73 Å². The van der Waals surface area contributed by atoms with Crippen LogP contribution in [0.1, 0.15) is 49.7 Å². The minimum atomic E-state index is -0.734. The number of ether oxygens (including phenoxy) is 1. The van der Waals surface area contributed by atoms with E-state index in [1.54, 1.807) is 51.1 Å². The van der Waals surface area contributed by atoms with E-state index in [-0.39, 0.29) is 42.5 Å². The van der Waals surface area contributed by atoms with Crippen molar-refractivity contribution in [3.63, 3.8) is 0 Å². The third-order valence-electron chi connectivity index (χ3n) is 6.81. The van der Waals surface area contributed by atoms with Crippen LogP contribution in [0.15, 0.2) is 42.5 Å². The average molecular weight is 601 g/mol. The number of primary amides is 1. The van der Waals surface area contributed by atoms with E-state index in [4.69, 9.17) is 22.1 Å². The number of carbonyl (C=O) groups excluding carboxylic acids is 4. The largest absolute Gasteiger partial charge is 0.444 e. The first kappa shape index (κ1) is 30.8. The fraction of sp³-hybridized carbons (Fsp3) is 0.414. The van der Waals surface area contributed by atoms with Crippen molar-refractivity contribution < 1.29 is 28.3 Å². The molecule has 1 aliphatic heterocycles. The lowest BCUT2D eigenvalue weighted by Gasteiger charge is -2.39. The molecule has 42 heavy (non-hydrogen) atoms. The summed E-state index contributed by atoms with van der Waals surface area (Å²) in [6.07, 6.45) is 0.609. The molecule has 1 aliphatic rings. The topological polar surface area (TPSA) is 140 Å². The van der Waals surface area contributed by atoms with Crippen molar-refractivity contribution in [3.8, 4) is 0 Å². The Bertz CT molecular complexity index is 1500. The molecule has 3 aromatic rings. The van der Waals surface area contributed by atoms with Crippen LogP contribution in [0, 0.1) is 5.82 Å². The van der Waals surface area contributed by atoms with Crippen LogP contribution < -0.4 is 11.1 Å². The maximum atomic E-state index is 14.4. The van der Waals surface area contributed by atoms with Crippen LogP contribution in [0.5, 0.6) is 0 Å². The number of carbonyl (C=O) groups is 4. The standard InChI is InChI=1S/C29H34ClFN6O5/c1-29(2,3)42-28(41)35-13-7-9-19(15-35)36(16-23(38)33-14-18-8-6-11-21(30)25(18)31)24(39)17-37-22-12-5-4-10-20(22)26(34-37)27(32)40/h4-6,8,10-12,19H,7,9,13-17H2,1-3H3,(H2,32,40)(H,33,38)/t19-/m0/s1. The van der Waals surface area contributed by atoms with E-state index in [0.29, 0.717) is 30.3 Å². The second kappa shape index (κ2) is 12.8. The number of amides is 4. The van der Waals surface area contributed by atoms with Crippen LogP contribution in [-0.2, 0) is 27.4 Å². The molecule has 4 rings (SSSR count). The molecular weight excluding hydrogens is 567 g/mol. The monoisotopic (exact) mass is 600 g/mol. The SMILES string of the molecule is CC(C)(C)OC(=O)N1CCC[C@H](N(CC(=O)NCc2cccc(Cl)c2F)C(=O)Cn2nc(C(N)=O)c3ccccc32)C1. The molecule has 0 bridgehead atoms. The van der Waals surface area contributed by atoms with E-state index in [9.17, 15) is 23.6 Å². The van der Waals surface area contributed by atoms with E-state index in [1.807, 2.05) is 0 Å². The van der Waals surface area contributed by atoms with Gasteiger partial charge >= 0.3 is 6.09 Å². The molecule has 2 heterocycles. The number of rotatable bonds is 8. The summed E-state index contributed by atoms with van der Waals surface area (Å²) in [6, 6.07) is 10.8. The molecule has 13 heteroatoms. The Balaban J connectivity index is 1.57. The number of hydrogen-bond donors (Lipinski definition) is 2. The Kier molecular flexibility index (Phi) is 9.35. The first-order valence-electron chi connectivity index (χ1n) is 13.6. The zero-order valence-electron chi connectivity index (χ0n) is 23.7. The molecule has 1 atom stereocenters. The third-order valence-corrected chi connectivity index (χ3v) is 7.10. The number of nitrogens with one attached hydrogen (secondary N) is 1. The number of para-hydroxylation sites is 1. The number of nitrogens with two attached hydrogens (primary N) is 1. The van der Waals surface area contributed by atoms with Gasteiger partial charge in [-0.2, -0.15) is 5.10 Å². The number of nitrogens with zero attached hydrogens (tertiary/aromatic N) is 4. The normalized spacial score (nSPS) is 15.4. The predicted molar refractivity (Wildman–Crippen MR) is 154 cm³/mol. The number of benzene rings is 2. The maximum Gasteiger partial charge on any atom is 0.410 e. The van der Waals surface area contributed by atoms with Gasteiger partial charge in [0.25, 0.3) is 5.91 Å². The average Bonchev–Trinajstić information content (AvgIpc) is 3.30. The minimum absolute atomic E-state index is 0.0278. The van der Waals surface area contributed by atoms with E-state index >= 15 is 0 Å². The summed E-state index contributed by atoms with van der Waals surface area (Å²) in [5.41, 5.74) is 5.56. The Morgan fingerprint density at radius 3 is 2.62 bits per heavy atom. The quantitative estimate of drug-likeness (QED) is 0.406. The van der Waals surface area contributed by atoms with Gasteiger partial charge < -0.3 is 25.6 Å². The second-order valence-corrected chi connectivity index (χ2v) is 11.5. The minimum Gasteiger partial charge on any atom is -0.444 e. The van der Waals surface area contributed by atoms with Crippen LogP contribution in [-0.4, -0.2) is 74.7 Å². The van der Waals surface area contributed by atoms with Crippen LogP contribution >= 0.6 is 11.6 Å². The van der Waals surface area contributed by atoms with E-state index in [0.717, 1.165) is 0 Å². The lowest BCUT2D eigenvalue weighted by Crippen LogP contribution is -2.55. The van der Waals surface area contributed by atoms with Crippen LogP contribution in [0.3, 0.4) is 0 Å². The molecule has 2 aromatic carbocycles. The summed E-state index contributed by atoms with van der Waals surface area (Å²) in [7, 11) is 0. The molecule has 1 aromatic heterocycles. The van der Waals surface area contributed by atoms with Gasteiger partial charge in [-0.3, -0.25) is 19.1 Å². The zero-order valence-corrected chi connectivity index (χ0v) is 24.5. The summed E-state index contributed by atoms with van der Waals surface area (Å²) in [5, 5.41) is 7.35. The lowest BCUT2D eigenvalue weighted by molar-refractivity contribution is -0.140. The number of halogens is 2. The third kappa shape index (κ3) is 7.35. The molecule has 4 amide bonds. The molecule has 0 radical (unpaired) electrons. The van der Waals surface area contributed by atoms with E-state index < -0.39 is 41.3 Å². The maximum absolute atomic E-state index is 14.4. The Morgan fingerprint density at radius 2 is 1.90 bits per heavy atom. The fourth-order valence-corrected chi connectivity index (χ4v) is 5.05. The van der Waals surface area contributed by atoms with Crippen molar-refractivity contribution in [1.82, 2.24) is 24.9 Å². The van der Waals surface area contributed by atoms with Crippen molar-refractivity contribution in [3.05, 3.63) is 64.6 Å². The molecule has 0 saturated carbocycles. The van der Waals surface area contributed by atoms with Crippen molar-refractivity contribution in [1.29, 1.82) is 0 Å². The van der Waals surface area contributed by atoms with Crippen molar-refractivity contribution >= 4 is 46.3 Å². The van der Waals surface area contributed by atoms with Crippen LogP contribution in [0.25, 0.3) is 10.9 Å². The summed E-state index contributed by atoms with van der Waals surface area (Å²) in [5.74, 6) is -2.36. The van der Waals surface area contributed by atoms with Crippen LogP contribution in [0.2, 0.25) is 5.02 Å². The molecule has 1 saturated heterocycles. The molecule has 0 unspecified atom stereocenters. The van der Waals surface area contributed by atoms with Gasteiger partial charge in [-0.15, -0.1) is 0 Å². The molecule has 3 N–H and O–H groups in total. The number of piperidine rings is 1. The van der Waals surface area contributed by atoms with Gasteiger partial charge in [-0.05, 0) is 45.7 Å². The summed E-state index contributed by atoms with van der Waals surface area (Å²) in [6.45, 7) is 5.14. The van der Waals surface area contributed by atoms with Gasteiger partial charge in [0, 0.05) is 30.6 Å². The number of likely N-dealkylation sites (tertiary alicyclic amines) is 1. The Hall–Kier alpha value is -4.19. The molecule has 11 nitrogen and oxygen atoms in total. The predicted octanol–water partition coefficient (Wildman–Crippen LogP) is 3.47. The molecule has 1 fully saturated rings. The van der Waals surface area contributed by atoms with Gasteiger partial charge in [0.1, 0.15) is 18.0 Å². The van der Waals surface area contributed by atoms with Gasteiger partial charge in [-0.1, -0.05) is 41.9 Å². The Morgan fingerprint density at radius 1 is 1.17 bits per heavy atom. The van der Waals surface area contributed by atoms with E-state index in [1.165, 1.54) is 26.6 Å². The highest BCUT2D eigenvalue weighted by Gasteiger charge is 2.34. The van der Waals surface area contributed by atoms with Gasteiger partial charge in [0.05, 0.1) is 23.1 Å². The number of hydrogen-bond acceptors (Lipinski definition) is 6. The molecular formula is C29H34ClFN6O5. The highest BCUT2D eigenvalue weighted by atomic mass is 35.5. The summed E-state index contributed by atoms with van der Waals surface area (Å²) < 4.78 is 21.3. The summed E-state index contributed by atoms with van der Waals surface area (Å²) in [4.78, 5) is 54.6. The Labute approximate surface area is 247 Å². The van der Waals surface area contributed by atoms with Crippen LogP contribution in [0.4, 0.5) is 9.18 Å². The number of aromatic nitrogens is 2. The van der Waals surface area contributed by atoms with Crippen molar-refractivity contribution in [2.75, 3.05) is 19.6 Å². The highest BCUT2D eigenvalue weighted by Crippen LogP contribution is 2.22. The first-order valence-corrected chi connectivity index (χ1v) is 13.9. The summed E-state index contributed by atoms with van der Waals surface area (Å²) >= 11 is 5.86. The van der Waals surface area contributed by atoms with Crippen molar-refractivity contribution in [2.45, 2.75) is 58.3 Å². The molecule has 0 aliphatic carbocycles. The fourth-order valence-electron chi connectivity index (χ4n) is 4.86. The smallest absolute Gasteiger partial charge is 0.410 e. The van der Waals surface area contributed by atoms with Gasteiger partial charge in [0.2, 0.25) is 11.8 Å². The number of fused-ring (bicyclic) bond motifs is 1. The highest BCUT2D eigenvalue weighted by molar-refractivity contribution is 6.30.